The van der Waals surface area contributed by atoms with Gasteiger partial charge in [0.05, 0.1) is 5.76 Å². The number of aliphatic hydroxyl groups excluding tert-OH is 1. The fourth-order valence-electron chi connectivity index (χ4n) is 10.9. The molecule has 293 valence electrons. The number of pyridine rings is 1. The molecule has 6 rings (SSSR count). The number of hydrogen-bond acceptors (Lipinski definition) is 3. The van der Waals surface area contributed by atoms with Crippen LogP contribution in [0.2, 0.25) is 0 Å². The van der Waals surface area contributed by atoms with Crippen LogP contribution in [0, 0.1) is 49.5 Å². The zero-order chi connectivity index (χ0) is 37.1. The molecule has 0 aliphatic heterocycles. The molecule has 1 aromatic heterocycles. The first kappa shape index (κ1) is 43.4. The third kappa shape index (κ3) is 10.3. The fourth-order valence-corrected chi connectivity index (χ4v) is 10.9. The summed E-state index contributed by atoms with van der Waals surface area (Å²) in [5, 5.41) is 12.4. The number of aryl methyl sites for hydroxylation is 2. The first-order valence-corrected chi connectivity index (χ1v) is 21.6. The first-order valence-electron chi connectivity index (χ1n) is 21.6. The minimum absolute atomic E-state index is 0. The van der Waals surface area contributed by atoms with Gasteiger partial charge in [-0.1, -0.05) is 118 Å². The fraction of sp³-hybridized carbons (Fsp3) is 0.633. The van der Waals surface area contributed by atoms with E-state index in [-0.39, 0.29) is 43.5 Å². The summed E-state index contributed by atoms with van der Waals surface area (Å²) >= 11 is 0. The summed E-state index contributed by atoms with van der Waals surface area (Å²) in [6, 6.07) is 18.0. The van der Waals surface area contributed by atoms with Crippen molar-refractivity contribution in [1.29, 1.82) is 0 Å². The Morgan fingerprint density at radius 3 is 1.74 bits per heavy atom. The maximum Gasteiger partial charge on any atom is 0.162 e. The van der Waals surface area contributed by atoms with E-state index in [1.165, 1.54) is 124 Å². The van der Waals surface area contributed by atoms with Crippen molar-refractivity contribution in [2.24, 2.45) is 29.6 Å². The second kappa shape index (κ2) is 21.1. The number of rotatable bonds is 12. The predicted octanol–water partition coefficient (Wildman–Crippen LogP) is 14.2. The second-order valence-corrected chi connectivity index (χ2v) is 16.8. The van der Waals surface area contributed by atoms with Gasteiger partial charge in [0.25, 0.3) is 0 Å². The van der Waals surface area contributed by atoms with Crippen molar-refractivity contribution in [3.63, 3.8) is 0 Å². The second-order valence-electron chi connectivity index (χ2n) is 16.8. The summed E-state index contributed by atoms with van der Waals surface area (Å²) in [7, 11) is 0. The summed E-state index contributed by atoms with van der Waals surface area (Å²) in [6.07, 6.45) is 28.6. The van der Waals surface area contributed by atoms with Crippen molar-refractivity contribution in [3.8, 4) is 11.3 Å². The summed E-state index contributed by atoms with van der Waals surface area (Å²) in [6.45, 7) is 12.4. The maximum atomic E-state index is 11.7. The SMILES string of the molecule is CCC(CC)C(=O)/C=C(\O)C(CC)CC.Cc1[c-]c(-c2nccc3cc(C(C4CCCCC4)(C4CCCCC4)C4CCCCC4)ccc23)cc(C)c1.[Ir]. The van der Waals surface area contributed by atoms with Gasteiger partial charge in [-0.2, -0.15) is 0 Å². The molecule has 3 aromatic rings. The van der Waals surface area contributed by atoms with Crippen LogP contribution >= 0.6 is 0 Å². The Morgan fingerprint density at radius 1 is 0.755 bits per heavy atom. The maximum absolute atomic E-state index is 11.7. The van der Waals surface area contributed by atoms with Gasteiger partial charge in [0.1, 0.15) is 0 Å². The number of allylic oxidation sites excluding steroid dienone is 2. The van der Waals surface area contributed by atoms with E-state index in [9.17, 15) is 9.90 Å². The average Bonchev–Trinajstić information content (AvgIpc) is 3.17. The number of ketones is 1. The Hall–Kier alpha value is -2.29. The van der Waals surface area contributed by atoms with E-state index in [1.54, 1.807) is 5.56 Å². The topological polar surface area (TPSA) is 50.2 Å². The third-order valence-electron chi connectivity index (χ3n) is 13.6. The molecule has 1 heterocycles. The molecule has 1 N–H and O–H groups in total. The number of aliphatic hydroxyl groups is 1. The molecule has 0 atom stereocenters. The number of carbonyl (C=O) groups is 1. The van der Waals surface area contributed by atoms with Gasteiger partial charge in [0.15, 0.2) is 5.78 Å². The van der Waals surface area contributed by atoms with Crippen LogP contribution in [0.1, 0.15) is 166 Å². The number of carbonyl (C=O) groups excluding carboxylic acids is 1. The van der Waals surface area contributed by atoms with E-state index in [0.717, 1.165) is 54.7 Å². The smallest absolute Gasteiger partial charge is 0.162 e. The molecular weight excluding hydrogens is 827 g/mol. The molecule has 3 aliphatic carbocycles. The Bertz CT molecular complexity index is 1530. The summed E-state index contributed by atoms with van der Waals surface area (Å²) < 4.78 is 0. The van der Waals surface area contributed by atoms with Crippen LogP contribution in [0.5, 0.6) is 0 Å². The molecule has 3 fully saturated rings. The average molecular weight is 897 g/mol. The van der Waals surface area contributed by atoms with Gasteiger partial charge in [-0.3, -0.25) is 4.79 Å². The van der Waals surface area contributed by atoms with Crippen LogP contribution in [0.25, 0.3) is 22.0 Å². The van der Waals surface area contributed by atoms with Gasteiger partial charge < -0.3 is 10.1 Å². The van der Waals surface area contributed by atoms with Crippen molar-refractivity contribution >= 4 is 16.6 Å². The monoisotopic (exact) mass is 898 g/mol. The van der Waals surface area contributed by atoms with Crippen LogP contribution in [0.15, 0.2) is 54.4 Å². The number of nitrogens with zero attached hydrogens (tertiary/aromatic N) is 1. The molecule has 0 spiro atoms. The van der Waals surface area contributed by atoms with Crippen LogP contribution < -0.4 is 0 Å². The quantitative estimate of drug-likeness (QED) is 0.112. The Balaban J connectivity index is 0.000000335. The molecule has 1 radical (unpaired) electrons. The molecule has 3 saturated carbocycles. The summed E-state index contributed by atoms with van der Waals surface area (Å²) in [5.74, 6) is 3.13. The third-order valence-corrected chi connectivity index (χ3v) is 13.6. The zero-order valence-corrected chi connectivity index (χ0v) is 36.5. The van der Waals surface area contributed by atoms with E-state index in [1.807, 2.05) is 33.9 Å². The van der Waals surface area contributed by atoms with E-state index >= 15 is 0 Å². The Morgan fingerprint density at radius 2 is 1.26 bits per heavy atom. The molecule has 2 aromatic carbocycles. The van der Waals surface area contributed by atoms with Crippen LogP contribution in [-0.2, 0) is 30.3 Å². The van der Waals surface area contributed by atoms with Gasteiger partial charge in [-0.15, -0.1) is 34.9 Å². The number of fused-ring (bicyclic) bond motifs is 1. The van der Waals surface area contributed by atoms with E-state index in [2.05, 4.69) is 56.3 Å². The molecule has 3 nitrogen and oxygen atoms in total. The zero-order valence-electron chi connectivity index (χ0n) is 34.1. The Labute approximate surface area is 337 Å². The van der Waals surface area contributed by atoms with E-state index < -0.39 is 0 Å². The number of benzene rings is 2. The standard InChI is InChI=1S/C36H46N.C13H24O2.Ir/c1-26-22-27(2)24-29(23-26)35-34-19-18-33(25-28(34)20-21-37-35)36(30-12-6-3-7-13-30,31-14-8-4-9-15-31)32-16-10-5-11-17-32;1-5-10(6-2)12(14)9-13(15)11(7-3)8-4;/h18-23,25,30-32H,3-17H2,1-2H3;9-11,14H,5-8H2,1-4H3;/q-1;;/b;12-9-;. The van der Waals surface area contributed by atoms with Gasteiger partial charge in [0, 0.05) is 49.6 Å². The van der Waals surface area contributed by atoms with E-state index in [4.69, 9.17) is 4.98 Å². The minimum Gasteiger partial charge on any atom is -0.512 e. The van der Waals surface area contributed by atoms with Crippen LogP contribution in [-0.4, -0.2) is 15.9 Å². The molecule has 0 saturated heterocycles. The molecule has 0 bridgehead atoms. The first-order chi connectivity index (χ1) is 25.3. The van der Waals surface area contributed by atoms with Crippen LogP contribution in [0.3, 0.4) is 0 Å². The van der Waals surface area contributed by atoms with E-state index in [0.29, 0.717) is 5.41 Å². The molecule has 0 unspecified atom stereocenters. The summed E-state index contributed by atoms with van der Waals surface area (Å²) in [4.78, 5) is 16.6. The van der Waals surface area contributed by atoms with Crippen molar-refractivity contribution in [3.05, 3.63) is 77.2 Å². The van der Waals surface area contributed by atoms with Gasteiger partial charge >= 0.3 is 0 Å². The van der Waals surface area contributed by atoms with Crippen molar-refractivity contribution < 1.29 is 30.0 Å². The molecule has 0 amide bonds. The normalized spacial score (nSPS) is 18.2. The number of hydrogen-bond donors (Lipinski definition) is 1. The largest absolute Gasteiger partial charge is 0.512 e. The molecule has 4 heteroatoms. The minimum atomic E-state index is 0. The number of aromatic nitrogens is 1. The Kier molecular flexibility index (Phi) is 17.3. The molecule has 53 heavy (non-hydrogen) atoms. The van der Waals surface area contributed by atoms with Crippen LogP contribution in [0.4, 0.5) is 0 Å². The predicted molar refractivity (Wildman–Crippen MR) is 221 cm³/mol. The van der Waals surface area contributed by atoms with Crippen molar-refractivity contribution in [2.75, 3.05) is 0 Å². The van der Waals surface area contributed by atoms with Gasteiger partial charge in [-0.05, 0) is 110 Å². The van der Waals surface area contributed by atoms with Gasteiger partial charge in [0.2, 0.25) is 0 Å². The van der Waals surface area contributed by atoms with Crippen molar-refractivity contribution in [2.45, 2.75) is 169 Å². The molecule has 3 aliphatic rings. The van der Waals surface area contributed by atoms with Crippen molar-refractivity contribution in [1.82, 2.24) is 4.98 Å². The summed E-state index contributed by atoms with van der Waals surface area (Å²) in [5.41, 5.74) is 6.75. The molecular formula is C49H70IrNO2-. The van der Waals surface area contributed by atoms with Gasteiger partial charge in [-0.25, -0.2) is 0 Å².